The van der Waals surface area contributed by atoms with Crippen LogP contribution < -0.4 is 67.2 Å². The second-order valence-electron chi connectivity index (χ2n) is 13.3. The molecule has 1 aromatic heterocycles. The van der Waals surface area contributed by atoms with E-state index >= 15 is 0 Å². The summed E-state index contributed by atoms with van der Waals surface area (Å²) in [5, 5.41) is 26.1. The molecule has 0 saturated heterocycles. The van der Waals surface area contributed by atoms with Gasteiger partial charge in [0.1, 0.15) is 28.9 Å². The summed E-state index contributed by atoms with van der Waals surface area (Å²) in [7, 11) is -5.10. The fourth-order valence-electron chi connectivity index (χ4n) is 5.37. The van der Waals surface area contributed by atoms with Gasteiger partial charge >= 0.3 is 29.6 Å². The number of ketones is 1. The SMILES string of the molecule is CCC[C@@H]1NC(=O)[C@@H](NC(=O)[C@H](C)N)CNC(=O)[C@H](CS(=O)(=O)[O-])NC(=O)/C=C/c2csc(n2)[C@H](Cc2ccc(O)cc2)NC(=O)C(=O)[C@H]([C@@H](C)CC)NC1=O.[Na+]. The smallest absolute Gasteiger partial charge is 0.748 e. The van der Waals surface area contributed by atoms with Crippen LogP contribution in [0.15, 0.2) is 35.7 Å². The van der Waals surface area contributed by atoms with E-state index in [-0.39, 0.29) is 53.8 Å². The quantitative estimate of drug-likeness (QED) is 0.0638. The van der Waals surface area contributed by atoms with Crippen LogP contribution in [0.4, 0.5) is 0 Å². The number of aromatic hydroxyl groups is 1. The second kappa shape index (κ2) is 22.6. The summed E-state index contributed by atoms with van der Waals surface area (Å²) < 4.78 is 35.1. The molecule has 306 valence electrons. The molecule has 1 aliphatic heterocycles. The standard InChI is InChI=1S/C35H48N8O11S2.Na/c1-5-7-23-32(49)43-28(18(3)6-2)29(46)34(51)41-24(14-20-8-11-22(44)12-9-20)35-38-21(16-55-35)10-13-27(45)39-26(17-56(52,53)54)31(48)37-15-25(33(50)40-23)42-30(47)19(4)36;/h8-13,16,18-19,23-26,28,44H,5-7,14-15,17,36H2,1-4H3,(H,37,48)(H,39,45)(H,40,50)(H,41,51)(H,42,47)(H,43,49)(H,52,53,54);/q;+1/p-1/b13-10+;/t18-,19-,23-,24-,25-,26-,28-;/m0./s1. The van der Waals surface area contributed by atoms with E-state index in [1.54, 1.807) is 32.9 Å². The van der Waals surface area contributed by atoms with Crippen molar-refractivity contribution in [3.8, 4) is 5.75 Å². The van der Waals surface area contributed by atoms with E-state index in [0.717, 1.165) is 17.4 Å². The third-order valence-electron chi connectivity index (χ3n) is 8.68. The molecule has 1 aromatic carbocycles. The summed E-state index contributed by atoms with van der Waals surface area (Å²) in [6, 6.07) is -2.16. The van der Waals surface area contributed by atoms with Gasteiger partial charge in [0.25, 0.3) is 5.91 Å². The zero-order valence-electron chi connectivity index (χ0n) is 32.2. The second-order valence-corrected chi connectivity index (χ2v) is 15.6. The van der Waals surface area contributed by atoms with Crippen LogP contribution in [0.2, 0.25) is 0 Å². The number of amides is 6. The molecule has 1 aliphatic rings. The summed E-state index contributed by atoms with van der Waals surface area (Å²) in [5.41, 5.74) is 6.50. The maximum Gasteiger partial charge on any atom is 1.00 e. The van der Waals surface area contributed by atoms with Crippen LogP contribution in [0, 0.1) is 5.92 Å². The van der Waals surface area contributed by atoms with Crippen LogP contribution in [0.25, 0.3) is 6.08 Å². The summed E-state index contributed by atoms with van der Waals surface area (Å²) in [6.45, 7) is 5.74. The molecule has 0 spiro atoms. The molecule has 0 saturated carbocycles. The number of aromatic nitrogens is 1. The maximum absolute atomic E-state index is 13.8. The number of fused-ring (bicyclic) bond motifs is 2. The summed E-state index contributed by atoms with van der Waals surface area (Å²) in [6.07, 6.45) is 2.99. The minimum Gasteiger partial charge on any atom is -0.748 e. The number of Topliss-reactive ketones (excluding diaryl/α,β-unsaturated/α-hetero) is 1. The summed E-state index contributed by atoms with van der Waals surface area (Å²) in [4.78, 5) is 97.9. The van der Waals surface area contributed by atoms with E-state index < -0.39 is 106 Å². The first-order chi connectivity index (χ1) is 26.3. The van der Waals surface area contributed by atoms with E-state index in [4.69, 9.17) is 5.73 Å². The third-order valence-corrected chi connectivity index (χ3v) is 10.4. The summed E-state index contributed by atoms with van der Waals surface area (Å²) in [5.74, 6) is -8.79. The van der Waals surface area contributed by atoms with E-state index in [1.807, 2.05) is 0 Å². The number of hydrogen-bond acceptors (Lipinski definition) is 14. The van der Waals surface area contributed by atoms with Crippen molar-refractivity contribution in [2.75, 3.05) is 12.3 Å². The number of nitrogens with two attached hydrogens (primary N) is 1. The van der Waals surface area contributed by atoms with Crippen LogP contribution >= 0.6 is 11.3 Å². The molecule has 6 amide bonds. The molecule has 2 aromatic rings. The minimum atomic E-state index is -5.10. The third kappa shape index (κ3) is 15.6. The molecule has 0 fully saturated rings. The molecular weight excluding hydrogens is 796 g/mol. The number of nitrogens with zero attached hydrogens (tertiary/aromatic N) is 1. The number of phenols is 1. The fourth-order valence-corrected chi connectivity index (χ4v) is 6.85. The topological polar surface area (TPSA) is 308 Å². The number of hydrogen-bond donors (Lipinski definition) is 8. The Bertz CT molecular complexity index is 1910. The van der Waals surface area contributed by atoms with Crippen LogP contribution in [0.1, 0.15) is 69.3 Å². The summed E-state index contributed by atoms with van der Waals surface area (Å²) >= 11 is 1.07. The molecule has 57 heavy (non-hydrogen) atoms. The normalized spacial score (nSPS) is 23.4. The first-order valence-corrected chi connectivity index (χ1v) is 20.2. The van der Waals surface area contributed by atoms with Gasteiger partial charge in [-0.25, -0.2) is 13.4 Å². The van der Waals surface area contributed by atoms with E-state index in [0.29, 0.717) is 23.4 Å². The Kier molecular flexibility index (Phi) is 19.4. The Morgan fingerprint density at radius 2 is 1.63 bits per heavy atom. The molecule has 0 radical (unpaired) electrons. The van der Waals surface area contributed by atoms with Crippen molar-refractivity contribution >= 4 is 68.8 Å². The Labute approximate surface area is 356 Å². The van der Waals surface area contributed by atoms with Crippen molar-refractivity contribution < 1.29 is 81.2 Å². The van der Waals surface area contributed by atoms with Crippen LogP contribution in [0.3, 0.4) is 0 Å². The van der Waals surface area contributed by atoms with Crippen molar-refractivity contribution in [2.45, 2.75) is 89.6 Å². The molecule has 0 unspecified atom stereocenters. The van der Waals surface area contributed by atoms with Gasteiger partial charge in [-0.1, -0.05) is 45.7 Å². The molecule has 7 atom stereocenters. The van der Waals surface area contributed by atoms with Gasteiger partial charge in [-0.05, 0) is 49.5 Å². The van der Waals surface area contributed by atoms with E-state index in [2.05, 4.69) is 36.9 Å². The fraction of sp³-hybridized carbons (Fsp3) is 0.486. The number of thiazole rings is 1. The van der Waals surface area contributed by atoms with Crippen LogP contribution in [-0.2, 0) is 50.1 Å². The van der Waals surface area contributed by atoms with E-state index in [9.17, 15) is 51.6 Å². The Morgan fingerprint density at radius 1 is 0.965 bits per heavy atom. The van der Waals surface area contributed by atoms with Gasteiger partial charge in [0.2, 0.25) is 35.3 Å². The Hall–Kier alpha value is -4.25. The van der Waals surface area contributed by atoms with E-state index in [1.165, 1.54) is 30.5 Å². The molecule has 2 heterocycles. The number of phenolic OH excluding ortho intramolecular Hbond substituents is 1. The van der Waals surface area contributed by atoms with Crippen LogP contribution in [0.5, 0.6) is 5.75 Å². The molecule has 9 N–H and O–H groups in total. The van der Waals surface area contributed by atoms with Crippen molar-refractivity contribution in [1.29, 1.82) is 0 Å². The first kappa shape index (κ1) is 48.9. The predicted molar refractivity (Wildman–Crippen MR) is 202 cm³/mol. The molecule has 22 heteroatoms. The molecule has 19 nitrogen and oxygen atoms in total. The van der Waals surface area contributed by atoms with Gasteiger partial charge in [-0.2, -0.15) is 0 Å². The largest absolute Gasteiger partial charge is 1.00 e. The van der Waals surface area contributed by atoms with Gasteiger partial charge in [-0.3, -0.25) is 33.6 Å². The van der Waals surface area contributed by atoms with Gasteiger partial charge in [-0.15, -0.1) is 11.3 Å². The molecule has 2 bridgehead atoms. The van der Waals surface area contributed by atoms with Gasteiger partial charge < -0.3 is 47.3 Å². The van der Waals surface area contributed by atoms with Gasteiger partial charge in [0, 0.05) is 18.0 Å². The zero-order valence-corrected chi connectivity index (χ0v) is 35.8. The first-order valence-electron chi connectivity index (χ1n) is 17.8. The average Bonchev–Trinajstić information content (AvgIpc) is 3.62. The number of benzene rings is 1. The monoisotopic (exact) mass is 842 g/mol. The molecule has 0 aliphatic carbocycles. The van der Waals surface area contributed by atoms with Crippen molar-refractivity contribution in [3.05, 3.63) is 52.0 Å². The molecule has 3 rings (SSSR count). The van der Waals surface area contributed by atoms with Crippen LogP contribution in [-0.4, -0.2) is 107 Å². The zero-order chi connectivity index (χ0) is 41.7. The van der Waals surface area contributed by atoms with Crippen molar-refractivity contribution in [3.63, 3.8) is 0 Å². The number of carbonyl (C=O) groups excluding carboxylic acids is 7. The Balaban J connectivity index is 0.0000112. The number of rotatable bonds is 10. The van der Waals surface area contributed by atoms with Gasteiger partial charge in [0.05, 0.1) is 39.7 Å². The minimum absolute atomic E-state index is 0. The Morgan fingerprint density at radius 3 is 2.23 bits per heavy atom. The predicted octanol–water partition coefficient (Wildman–Crippen LogP) is -4.36. The van der Waals surface area contributed by atoms with Crippen molar-refractivity contribution in [2.24, 2.45) is 11.7 Å². The van der Waals surface area contributed by atoms with Crippen molar-refractivity contribution in [1.82, 2.24) is 36.9 Å². The maximum atomic E-state index is 13.8. The van der Waals surface area contributed by atoms with Gasteiger partial charge in [0.15, 0.2) is 0 Å². The number of nitrogens with one attached hydrogen (secondary N) is 6. The molecular formula is C35H47N8NaO11S2. The average molecular weight is 843 g/mol. The number of carbonyl (C=O) groups is 7.